The molecule has 3 heteroatoms. The van der Waals surface area contributed by atoms with Crippen molar-refractivity contribution in [3.8, 4) is 0 Å². The molecule has 2 atom stereocenters. The Morgan fingerprint density at radius 1 is 1.47 bits per heavy atom. The van der Waals surface area contributed by atoms with Gasteiger partial charge in [0.05, 0.1) is 6.10 Å². The van der Waals surface area contributed by atoms with E-state index in [1.165, 1.54) is 6.07 Å². The maximum atomic E-state index is 13.5. The lowest BCUT2D eigenvalue weighted by atomic mass is 9.99. The summed E-state index contributed by atoms with van der Waals surface area (Å²) >= 11 is 0. The van der Waals surface area contributed by atoms with Crippen LogP contribution in [0, 0.1) is 5.82 Å². The molecule has 2 nitrogen and oxygen atoms in total. The molecule has 17 heavy (non-hydrogen) atoms. The smallest absolute Gasteiger partial charge is 0.126 e. The second kappa shape index (κ2) is 6.12. The Morgan fingerprint density at radius 2 is 2.29 bits per heavy atom. The molecular weight excluding hydrogens is 217 g/mol. The minimum Gasteiger partial charge on any atom is -0.378 e. The zero-order valence-electron chi connectivity index (χ0n) is 10.3. The number of rotatable bonds is 5. The molecule has 1 N–H and O–H groups in total. The molecule has 1 aromatic rings. The Morgan fingerprint density at radius 3 is 2.94 bits per heavy atom. The lowest BCUT2D eigenvalue weighted by Crippen LogP contribution is -2.32. The van der Waals surface area contributed by atoms with E-state index in [2.05, 4.69) is 5.32 Å². The molecule has 1 aliphatic heterocycles. The van der Waals surface area contributed by atoms with Crippen LogP contribution in [-0.4, -0.2) is 25.8 Å². The fourth-order valence-electron chi connectivity index (χ4n) is 2.38. The molecular formula is C14H20FNO. The quantitative estimate of drug-likeness (QED) is 0.849. The van der Waals surface area contributed by atoms with Gasteiger partial charge in [0, 0.05) is 12.6 Å². The molecule has 2 rings (SSSR count). The molecule has 1 aromatic carbocycles. The minimum absolute atomic E-state index is 0.111. The van der Waals surface area contributed by atoms with E-state index in [1.54, 1.807) is 6.07 Å². The first kappa shape index (κ1) is 12.5. The van der Waals surface area contributed by atoms with Gasteiger partial charge in [0.15, 0.2) is 0 Å². The van der Waals surface area contributed by atoms with Crippen LogP contribution in [0.2, 0.25) is 0 Å². The number of ether oxygens (including phenoxy) is 1. The zero-order valence-corrected chi connectivity index (χ0v) is 10.3. The summed E-state index contributed by atoms with van der Waals surface area (Å²) in [6, 6.07) is 7.28. The van der Waals surface area contributed by atoms with Crippen LogP contribution in [0.4, 0.5) is 4.39 Å². The van der Waals surface area contributed by atoms with Crippen LogP contribution in [0.5, 0.6) is 0 Å². The summed E-state index contributed by atoms with van der Waals surface area (Å²) in [4.78, 5) is 0. The van der Waals surface area contributed by atoms with Gasteiger partial charge in [0.2, 0.25) is 0 Å². The third kappa shape index (κ3) is 3.51. The largest absolute Gasteiger partial charge is 0.378 e. The summed E-state index contributed by atoms with van der Waals surface area (Å²) in [6.45, 7) is 0.876. The van der Waals surface area contributed by atoms with Crippen LogP contribution in [0.15, 0.2) is 24.3 Å². The molecule has 1 heterocycles. The van der Waals surface area contributed by atoms with Gasteiger partial charge in [-0.25, -0.2) is 4.39 Å². The van der Waals surface area contributed by atoms with Crippen LogP contribution in [0.1, 0.15) is 24.8 Å². The van der Waals surface area contributed by atoms with Crippen LogP contribution in [-0.2, 0) is 11.2 Å². The summed E-state index contributed by atoms with van der Waals surface area (Å²) in [5.41, 5.74) is 0.782. The Balaban J connectivity index is 1.92. The number of likely N-dealkylation sites (N-methyl/N-ethyl adjacent to an activating group) is 1. The highest BCUT2D eigenvalue weighted by atomic mass is 19.1. The Labute approximate surface area is 102 Å². The van der Waals surface area contributed by atoms with Gasteiger partial charge >= 0.3 is 0 Å². The molecule has 1 saturated heterocycles. The van der Waals surface area contributed by atoms with Gasteiger partial charge < -0.3 is 10.1 Å². The second-order valence-electron chi connectivity index (χ2n) is 4.65. The van der Waals surface area contributed by atoms with Gasteiger partial charge in [-0.1, -0.05) is 18.2 Å². The molecule has 1 fully saturated rings. The van der Waals surface area contributed by atoms with E-state index in [0.29, 0.717) is 6.10 Å². The summed E-state index contributed by atoms with van der Waals surface area (Å²) in [7, 11) is 1.93. The predicted octanol–water partition coefficient (Wildman–Crippen LogP) is 2.53. The van der Waals surface area contributed by atoms with Crippen molar-refractivity contribution in [2.75, 3.05) is 13.7 Å². The number of hydrogen-bond donors (Lipinski definition) is 1. The number of nitrogens with one attached hydrogen (secondary N) is 1. The van der Waals surface area contributed by atoms with Gasteiger partial charge in [0.25, 0.3) is 0 Å². The SMILES string of the molecule is CNC(Cc1ccccc1F)CC1CCCO1. The Bertz CT molecular complexity index is 350. The summed E-state index contributed by atoms with van der Waals surface area (Å²) < 4.78 is 19.2. The lowest BCUT2D eigenvalue weighted by molar-refractivity contribution is 0.0953. The second-order valence-corrected chi connectivity index (χ2v) is 4.65. The monoisotopic (exact) mass is 237 g/mol. The first-order valence-corrected chi connectivity index (χ1v) is 6.32. The van der Waals surface area contributed by atoms with Crippen molar-refractivity contribution in [1.29, 1.82) is 0 Å². The highest BCUT2D eigenvalue weighted by Gasteiger charge is 2.20. The van der Waals surface area contributed by atoms with Gasteiger partial charge in [-0.05, 0) is 44.4 Å². The summed E-state index contributed by atoms with van der Waals surface area (Å²) in [5, 5.41) is 3.26. The summed E-state index contributed by atoms with van der Waals surface area (Å²) in [6.07, 6.45) is 4.32. The van der Waals surface area contributed by atoms with Crippen molar-refractivity contribution in [2.24, 2.45) is 0 Å². The molecule has 0 radical (unpaired) electrons. The normalized spacial score (nSPS) is 21.6. The maximum Gasteiger partial charge on any atom is 0.126 e. The van der Waals surface area contributed by atoms with Crippen molar-refractivity contribution in [1.82, 2.24) is 5.32 Å². The third-order valence-corrected chi connectivity index (χ3v) is 3.40. The van der Waals surface area contributed by atoms with E-state index in [-0.39, 0.29) is 11.9 Å². The van der Waals surface area contributed by atoms with Crippen molar-refractivity contribution in [3.63, 3.8) is 0 Å². The average Bonchev–Trinajstić information content (AvgIpc) is 2.84. The molecule has 0 amide bonds. The van der Waals surface area contributed by atoms with Gasteiger partial charge in [0.1, 0.15) is 5.82 Å². The highest BCUT2D eigenvalue weighted by molar-refractivity contribution is 5.18. The number of hydrogen-bond acceptors (Lipinski definition) is 2. The minimum atomic E-state index is -0.111. The number of halogens is 1. The van der Waals surface area contributed by atoms with E-state index in [0.717, 1.165) is 37.9 Å². The molecule has 0 aliphatic carbocycles. The molecule has 0 spiro atoms. The molecule has 1 aliphatic rings. The van der Waals surface area contributed by atoms with Crippen molar-refractivity contribution >= 4 is 0 Å². The predicted molar refractivity (Wildman–Crippen MR) is 66.5 cm³/mol. The average molecular weight is 237 g/mol. The van der Waals surface area contributed by atoms with Crippen molar-refractivity contribution in [3.05, 3.63) is 35.6 Å². The molecule has 94 valence electrons. The van der Waals surface area contributed by atoms with Gasteiger partial charge in [-0.3, -0.25) is 0 Å². The van der Waals surface area contributed by atoms with E-state index in [9.17, 15) is 4.39 Å². The van der Waals surface area contributed by atoms with Crippen LogP contribution < -0.4 is 5.32 Å². The van der Waals surface area contributed by atoms with E-state index in [1.807, 2.05) is 19.2 Å². The molecule has 0 bridgehead atoms. The topological polar surface area (TPSA) is 21.3 Å². The zero-order chi connectivity index (χ0) is 12.1. The van der Waals surface area contributed by atoms with Gasteiger partial charge in [-0.15, -0.1) is 0 Å². The fourth-order valence-corrected chi connectivity index (χ4v) is 2.38. The van der Waals surface area contributed by atoms with Crippen LogP contribution in [0.25, 0.3) is 0 Å². The van der Waals surface area contributed by atoms with Gasteiger partial charge in [-0.2, -0.15) is 0 Å². The van der Waals surface area contributed by atoms with E-state index >= 15 is 0 Å². The third-order valence-electron chi connectivity index (χ3n) is 3.40. The molecule has 2 unspecified atom stereocenters. The fraction of sp³-hybridized carbons (Fsp3) is 0.571. The standard InChI is InChI=1S/C14H20FNO/c1-16-12(10-13-6-4-8-17-13)9-11-5-2-3-7-14(11)15/h2-3,5,7,12-13,16H,4,6,8-10H2,1H3. The Hall–Kier alpha value is -0.930. The van der Waals surface area contributed by atoms with Crippen molar-refractivity contribution < 1.29 is 9.13 Å². The molecule has 0 aromatic heterocycles. The van der Waals surface area contributed by atoms with Crippen LogP contribution >= 0.6 is 0 Å². The van der Waals surface area contributed by atoms with Crippen molar-refractivity contribution in [2.45, 2.75) is 37.8 Å². The summed E-state index contributed by atoms with van der Waals surface area (Å²) in [5.74, 6) is -0.111. The lowest BCUT2D eigenvalue weighted by Gasteiger charge is -2.20. The first-order chi connectivity index (χ1) is 8.29. The molecule has 0 saturated carbocycles. The van der Waals surface area contributed by atoms with E-state index in [4.69, 9.17) is 4.74 Å². The number of benzene rings is 1. The first-order valence-electron chi connectivity index (χ1n) is 6.32. The Kier molecular flexibility index (Phi) is 4.51. The maximum absolute atomic E-state index is 13.5. The highest BCUT2D eigenvalue weighted by Crippen LogP contribution is 2.19. The van der Waals surface area contributed by atoms with Crippen LogP contribution in [0.3, 0.4) is 0 Å². The van der Waals surface area contributed by atoms with E-state index < -0.39 is 0 Å².